The Morgan fingerprint density at radius 3 is 1.25 bits per heavy atom. The zero-order valence-corrected chi connectivity index (χ0v) is 5.67. The van der Waals surface area contributed by atoms with Gasteiger partial charge in [-0.15, -0.1) is 11.6 Å². The number of halogens is 2. The minimum atomic E-state index is 1.47. The van der Waals surface area contributed by atoms with Crippen molar-refractivity contribution in [1.82, 2.24) is 0 Å². The molecular formula is C2H6ClI. The van der Waals surface area contributed by atoms with Crippen molar-refractivity contribution in [2.45, 2.75) is 0 Å². The van der Waals surface area contributed by atoms with Gasteiger partial charge in [0.1, 0.15) is 0 Å². The Balaban J connectivity index is 0. The van der Waals surface area contributed by atoms with E-state index in [1.165, 1.54) is 6.38 Å². The van der Waals surface area contributed by atoms with Gasteiger partial charge in [0.25, 0.3) is 0 Å². The number of rotatable bonds is 0. The average molecular weight is 192 g/mol. The fourth-order valence-electron chi connectivity index (χ4n) is 0. The zero-order valence-electron chi connectivity index (χ0n) is 2.76. The first kappa shape index (κ1) is 8.89. The molecule has 0 bridgehead atoms. The van der Waals surface area contributed by atoms with Crippen LogP contribution in [0.1, 0.15) is 0 Å². The van der Waals surface area contributed by atoms with Crippen LogP contribution < -0.4 is 0 Å². The Labute approximate surface area is 45.7 Å². The summed E-state index contributed by atoms with van der Waals surface area (Å²) >= 11 is 6.79. The van der Waals surface area contributed by atoms with Crippen LogP contribution in [0.25, 0.3) is 0 Å². The molecule has 0 heterocycles. The predicted molar refractivity (Wildman–Crippen MR) is 31.7 cm³/mol. The molecule has 2 heteroatoms. The summed E-state index contributed by atoms with van der Waals surface area (Å²) in [5.74, 6) is 0. The maximum atomic E-state index is 4.64. The summed E-state index contributed by atoms with van der Waals surface area (Å²) in [6.45, 7) is 0. The van der Waals surface area contributed by atoms with Crippen molar-refractivity contribution < 1.29 is 0 Å². The van der Waals surface area contributed by atoms with Crippen LogP contribution in [0.15, 0.2) is 0 Å². The van der Waals surface area contributed by atoms with Gasteiger partial charge in [-0.1, -0.05) is 22.6 Å². The first-order chi connectivity index (χ1) is 2.00. The third kappa shape index (κ3) is 11.8. The van der Waals surface area contributed by atoms with E-state index in [0.29, 0.717) is 0 Å². The summed E-state index contributed by atoms with van der Waals surface area (Å²) in [5, 5.41) is 0. The van der Waals surface area contributed by atoms with E-state index in [0.717, 1.165) is 0 Å². The Kier molecular flexibility index (Phi) is 78.4. The van der Waals surface area contributed by atoms with Gasteiger partial charge in [-0.2, -0.15) is 0 Å². The van der Waals surface area contributed by atoms with Gasteiger partial charge >= 0.3 is 0 Å². The van der Waals surface area contributed by atoms with Crippen molar-refractivity contribution in [1.29, 1.82) is 0 Å². The molecule has 4 heavy (non-hydrogen) atoms. The number of hydrogen-bond acceptors (Lipinski definition) is 0. The highest BCUT2D eigenvalue weighted by atomic mass is 127. The Hall–Kier alpha value is 1.02. The molecule has 0 N–H and O–H groups in total. The van der Waals surface area contributed by atoms with Crippen LogP contribution in [0.2, 0.25) is 0 Å². The lowest BCUT2D eigenvalue weighted by molar-refractivity contribution is 2.46. The highest BCUT2D eigenvalue weighted by Crippen LogP contribution is 1.48. The molecule has 0 spiro atoms. The van der Waals surface area contributed by atoms with E-state index in [9.17, 15) is 0 Å². The summed E-state index contributed by atoms with van der Waals surface area (Å²) in [4.78, 5) is 1.97. The van der Waals surface area contributed by atoms with Crippen molar-refractivity contribution >= 4 is 34.2 Å². The summed E-state index contributed by atoms with van der Waals surface area (Å²) in [6, 6.07) is 0. The van der Waals surface area contributed by atoms with Crippen molar-refractivity contribution in [3.63, 3.8) is 0 Å². The maximum absolute atomic E-state index is 4.64. The van der Waals surface area contributed by atoms with Crippen LogP contribution in [0.3, 0.4) is 0 Å². The quantitative estimate of drug-likeness (QED) is 0.406. The molecule has 0 nitrogen and oxygen atoms in total. The van der Waals surface area contributed by atoms with Gasteiger partial charge in [-0.05, 0) is 4.93 Å². The highest BCUT2D eigenvalue weighted by molar-refractivity contribution is 14.1. The lowest BCUT2D eigenvalue weighted by atomic mass is 12.0. The smallest absolute Gasteiger partial charge is 0.0108 e. The van der Waals surface area contributed by atoms with Gasteiger partial charge in [0, 0.05) is 6.38 Å². The fourth-order valence-corrected chi connectivity index (χ4v) is 0. The van der Waals surface area contributed by atoms with Gasteiger partial charge in [0.15, 0.2) is 0 Å². The summed E-state index contributed by atoms with van der Waals surface area (Å²) in [6.07, 6.45) is 1.47. The molecule has 0 rings (SSSR count). The largest absolute Gasteiger partial charge is 0.130 e. The minimum Gasteiger partial charge on any atom is -0.130 e. The molecule has 0 aromatic rings. The molecular weight excluding hydrogens is 186 g/mol. The minimum absolute atomic E-state index is 1.47. The van der Waals surface area contributed by atoms with Crippen molar-refractivity contribution in [2.75, 3.05) is 11.3 Å². The van der Waals surface area contributed by atoms with Crippen LogP contribution in [-0.2, 0) is 0 Å². The lowest BCUT2D eigenvalue weighted by Crippen LogP contribution is -0.852. The lowest BCUT2D eigenvalue weighted by Gasteiger charge is -1.06. The van der Waals surface area contributed by atoms with Gasteiger partial charge in [-0.3, -0.25) is 0 Å². The van der Waals surface area contributed by atoms with Crippen LogP contribution in [0, 0.1) is 0 Å². The molecule has 0 radical (unpaired) electrons. The standard InChI is InChI=1S/CH3Cl.CH3I/c2*1-2/h2*1H3. The van der Waals surface area contributed by atoms with Crippen molar-refractivity contribution in [3.8, 4) is 0 Å². The van der Waals surface area contributed by atoms with Gasteiger partial charge < -0.3 is 0 Å². The molecule has 28 valence electrons. The summed E-state index contributed by atoms with van der Waals surface area (Å²) < 4.78 is 0. The topological polar surface area (TPSA) is 0 Å². The van der Waals surface area contributed by atoms with E-state index >= 15 is 0 Å². The SMILES string of the molecule is CCl.CI. The molecule has 0 aromatic heterocycles. The third-order valence-electron chi connectivity index (χ3n) is 0. The number of hydrogen-bond donors (Lipinski definition) is 0. The number of alkyl halides is 2. The zero-order chi connectivity index (χ0) is 4.00. The Morgan fingerprint density at radius 1 is 1.25 bits per heavy atom. The second kappa shape index (κ2) is 35.2. The molecule has 0 amide bonds. The highest BCUT2D eigenvalue weighted by Gasteiger charge is 0.950. The van der Waals surface area contributed by atoms with E-state index in [1.807, 2.05) is 4.93 Å². The molecule has 0 aliphatic carbocycles. The molecule has 0 saturated heterocycles. The van der Waals surface area contributed by atoms with Crippen LogP contribution in [-0.4, -0.2) is 11.3 Å². The Morgan fingerprint density at radius 2 is 1.25 bits per heavy atom. The van der Waals surface area contributed by atoms with Crippen LogP contribution in [0.5, 0.6) is 0 Å². The molecule has 0 aromatic carbocycles. The van der Waals surface area contributed by atoms with Crippen molar-refractivity contribution in [2.24, 2.45) is 0 Å². The van der Waals surface area contributed by atoms with E-state index in [2.05, 4.69) is 34.2 Å². The van der Waals surface area contributed by atoms with Crippen LogP contribution >= 0.6 is 34.2 Å². The molecule has 0 atom stereocenters. The fraction of sp³-hybridized carbons (Fsp3) is 1.00. The Bertz CT molecular complexity index is 6.00. The normalized spacial score (nSPS) is 3.00. The van der Waals surface area contributed by atoms with E-state index in [-0.39, 0.29) is 0 Å². The van der Waals surface area contributed by atoms with Crippen LogP contribution in [0.4, 0.5) is 0 Å². The molecule has 0 aliphatic rings. The summed E-state index contributed by atoms with van der Waals surface area (Å²) in [5.41, 5.74) is 0. The van der Waals surface area contributed by atoms with Gasteiger partial charge in [0.05, 0.1) is 0 Å². The first-order valence-corrected chi connectivity index (χ1v) is 3.67. The van der Waals surface area contributed by atoms with E-state index in [1.54, 1.807) is 0 Å². The van der Waals surface area contributed by atoms with Gasteiger partial charge in [-0.25, -0.2) is 0 Å². The molecule has 0 saturated carbocycles. The predicted octanol–water partition coefficient (Wildman–Crippen LogP) is 1.91. The maximum Gasteiger partial charge on any atom is 0.0108 e. The molecule has 0 aliphatic heterocycles. The van der Waals surface area contributed by atoms with Gasteiger partial charge in [0.2, 0.25) is 0 Å². The van der Waals surface area contributed by atoms with E-state index in [4.69, 9.17) is 0 Å². The second-order valence-corrected chi connectivity index (χ2v) is 0. The van der Waals surface area contributed by atoms with E-state index < -0.39 is 0 Å². The summed E-state index contributed by atoms with van der Waals surface area (Å²) in [7, 11) is 0. The monoisotopic (exact) mass is 192 g/mol. The molecule has 0 unspecified atom stereocenters. The second-order valence-electron chi connectivity index (χ2n) is 0. The average Bonchev–Trinajstić information content (AvgIpc) is 1.50. The first-order valence-electron chi connectivity index (χ1n) is 0.756. The third-order valence-corrected chi connectivity index (χ3v) is 0. The molecule has 0 fully saturated rings. The van der Waals surface area contributed by atoms with Crippen molar-refractivity contribution in [3.05, 3.63) is 0 Å².